The first-order valence-electron chi connectivity index (χ1n) is 21.1. The number of carboxylic acids is 1. The zero-order valence-electron chi connectivity index (χ0n) is 32.6. The van der Waals surface area contributed by atoms with E-state index in [2.05, 4.69) is 29.8 Å². The highest BCUT2D eigenvalue weighted by molar-refractivity contribution is 5.91. The van der Waals surface area contributed by atoms with Gasteiger partial charge in [0.05, 0.1) is 0 Å². The predicted octanol–water partition coefficient (Wildman–Crippen LogP) is 9.25. The van der Waals surface area contributed by atoms with Gasteiger partial charge in [-0.05, 0) is 38.6 Å². The normalized spacial score (nSPS) is 12.4. The van der Waals surface area contributed by atoms with Crippen molar-refractivity contribution in [3.63, 3.8) is 0 Å². The Morgan fingerprint density at radius 2 is 0.860 bits per heavy atom. The molecule has 9 heteroatoms. The van der Waals surface area contributed by atoms with E-state index in [9.17, 15) is 24.3 Å². The molecular formula is C41H80N4O5. The van der Waals surface area contributed by atoms with Crippen molar-refractivity contribution >= 4 is 23.7 Å². The Morgan fingerprint density at radius 3 is 1.24 bits per heavy atom. The van der Waals surface area contributed by atoms with Gasteiger partial charge in [-0.2, -0.15) is 0 Å². The number of aliphatic carboxylic acids is 1. The molecule has 0 aliphatic carbocycles. The molecule has 0 radical (unpaired) electrons. The second kappa shape index (κ2) is 36.6. The molecule has 0 saturated heterocycles. The molecule has 0 aromatic carbocycles. The lowest BCUT2D eigenvalue weighted by Gasteiger charge is -2.22. The minimum Gasteiger partial charge on any atom is -0.480 e. The van der Waals surface area contributed by atoms with Crippen LogP contribution in [0.3, 0.4) is 0 Å². The molecule has 0 aromatic rings. The maximum atomic E-state index is 13.1. The Bertz CT molecular complexity index is 825. The second-order valence-corrected chi connectivity index (χ2v) is 14.6. The molecule has 9 nitrogen and oxygen atoms in total. The Balaban J connectivity index is 4.47. The van der Waals surface area contributed by atoms with E-state index in [1.807, 2.05) is 0 Å². The summed E-state index contributed by atoms with van der Waals surface area (Å²) in [5.74, 6) is -2.13. The Labute approximate surface area is 307 Å². The first kappa shape index (κ1) is 47.8. The lowest BCUT2D eigenvalue weighted by molar-refractivity contribution is -0.142. The molecule has 0 heterocycles. The third-order valence-electron chi connectivity index (χ3n) is 9.73. The van der Waals surface area contributed by atoms with Crippen molar-refractivity contribution in [2.45, 2.75) is 225 Å². The van der Waals surface area contributed by atoms with E-state index in [0.29, 0.717) is 32.2 Å². The van der Waals surface area contributed by atoms with Crippen molar-refractivity contribution < 1.29 is 24.3 Å². The van der Waals surface area contributed by atoms with E-state index in [-0.39, 0.29) is 24.8 Å². The van der Waals surface area contributed by atoms with Crippen LogP contribution in [0.2, 0.25) is 0 Å². The lowest BCUT2D eigenvalue weighted by atomic mass is 10.0. The minimum absolute atomic E-state index is 0.0669. The van der Waals surface area contributed by atoms with Crippen molar-refractivity contribution in [1.29, 1.82) is 0 Å². The van der Waals surface area contributed by atoms with Gasteiger partial charge in [0.2, 0.25) is 17.7 Å². The monoisotopic (exact) mass is 709 g/mol. The number of carbonyl (C=O) groups excluding carboxylic acids is 3. The summed E-state index contributed by atoms with van der Waals surface area (Å²) in [5, 5.41) is 17.8. The molecule has 0 rings (SSSR count). The highest BCUT2D eigenvalue weighted by Gasteiger charge is 2.26. The number of hydrogen-bond acceptors (Lipinski definition) is 5. The fraction of sp³-hybridized carbons (Fsp3) is 0.902. The number of nitrogens with one attached hydrogen (secondary N) is 3. The van der Waals surface area contributed by atoms with Crippen molar-refractivity contribution in [3.8, 4) is 0 Å². The molecule has 0 saturated carbocycles. The molecule has 0 aromatic heterocycles. The van der Waals surface area contributed by atoms with Crippen LogP contribution in [0, 0.1) is 0 Å². The van der Waals surface area contributed by atoms with E-state index in [0.717, 1.165) is 38.5 Å². The van der Waals surface area contributed by atoms with E-state index in [1.54, 1.807) is 0 Å². The highest BCUT2D eigenvalue weighted by atomic mass is 16.4. The van der Waals surface area contributed by atoms with Crippen molar-refractivity contribution in [1.82, 2.24) is 16.0 Å². The average Bonchev–Trinajstić information content (AvgIpc) is 3.10. The smallest absolute Gasteiger partial charge is 0.326 e. The van der Waals surface area contributed by atoms with Gasteiger partial charge in [0.15, 0.2) is 0 Å². The summed E-state index contributed by atoms with van der Waals surface area (Å²) in [6.45, 7) is 4.88. The number of nitrogens with two attached hydrogens (primary N) is 1. The van der Waals surface area contributed by atoms with E-state index in [1.165, 1.54) is 128 Å². The fourth-order valence-corrected chi connectivity index (χ4v) is 6.41. The van der Waals surface area contributed by atoms with Gasteiger partial charge in [0, 0.05) is 19.4 Å². The number of rotatable bonds is 38. The number of carboxylic acid groups (broad SMARTS) is 1. The van der Waals surface area contributed by atoms with Gasteiger partial charge in [-0.1, -0.05) is 168 Å². The highest BCUT2D eigenvalue weighted by Crippen LogP contribution is 2.14. The number of hydrogen-bond donors (Lipinski definition) is 5. The Hall–Kier alpha value is -2.16. The maximum Gasteiger partial charge on any atom is 0.326 e. The summed E-state index contributed by atoms with van der Waals surface area (Å²) in [4.78, 5) is 50.4. The molecule has 1 unspecified atom stereocenters. The van der Waals surface area contributed by atoms with Gasteiger partial charge in [0.25, 0.3) is 0 Å². The van der Waals surface area contributed by atoms with Crippen molar-refractivity contribution in [2.24, 2.45) is 5.73 Å². The van der Waals surface area contributed by atoms with E-state index < -0.39 is 24.0 Å². The van der Waals surface area contributed by atoms with Crippen molar-refractivity contribution in [3.05, 3.63) is 0 Å². The Kier molecular flexibility index (Phi) is 35.0. The molecular weight excluding hydrogens is 628 g/mol. The zero-order chi connectivity index (χ0) is 36.9. The van der Waals surface area contributed by atoms with Gasteiger partial charge in [0.1, 0.15) is 12.1 Å². The number of unbranched alkanes of at least 4 members (excludes halogenated alkanes) is 25. The molecule has 2 atom stereocenters. The molecule has 0 fully saturated rings. The molecule has 0 bridgehead atoms. The first-order chi connectivity index (χ1) is 24.3. The minimum atomic E-state index is -1.13. The molecule has 0 aliphatic rings. The summed E-state index contributed by atoms with van der Waals surface area (Å²) in [5.41, 5.74) is 5.55. The lowest BCUT2D eigenvalue weighted by Crippen LogP contribution is -2.55. The molecule has 3 amide bonds. The quantitative estimate of drug-likeness (QED) is 0.0404. The van der Waals surface area contributed by atoms with Crippen LogP contribution < -0.4 is 21.7 Å². The largest absolute Gasteiger partial charge is 0.480 e. The SMILES string of the molecule is CCCCCCCCCCCCCCCC(=O)NCC(NC(=O)CCCCCCCCCCCCCCC)C(=O)N[C@H](CCCCN)C(=O)O. The van der Waals surface area contributed by atoms with Gasteiger partial charge in [-0.25, -0.2) is 4.79 Å². The molecule has 6 N–H and O–H groups in total. The van der Waals surface area contributed by atoms with Crippen LogP contribution >= 0.6 is 0 Å². The molecule has 0 spiro atoms. The van der Waals surface area contributed by atoms with Gasteiger partial charge < -0.3 is 26.8 Å². The third kappa shape index (κ3) is 31.8. The van der Waals surface area contributed by atoms with Crippen LogP contribution in [0.5, 0.6) is 0 Å². The van der Waals surface area contributed by atoms with Crippen LogP contribution in [0.4, 0.5) is 0 Å². The molecule has 294 valence electrons. The van der Waals surface area contributed by atoms with Gasteiger partial charge >= 0.3 is 5.97 Å². The van der Waals surface area contributed by atoms with E-state index in [4.69, 9.17) is 5.73 Å². The molecule has 0 aliphatic heterocycles. The van der Waals surface area contributed by atoms with Crippen LogP contribution in [-0.2, 0) is 19.2 Å². The summed E-state index contributed by atoms with van der Waals surface area (Å²) in [6.07, 6.45) is 34.0. The topological polar surface area (TPSA) is 151 Å². The average molecular weight is 709 g/mol. The predicted molar refractivity (Wildman–Crippen MR) is 208 cm³/mol. The first-order valence-corrected chi connectivity index (χ1v) is 21.1. The summed E-state index contributed by atoms with van der Waals surface area (Å²) < 4.78 is 0. The van der Waals surface area contributed by atoms with Crippen LogP contribution in [0.25, 0.3) is 0 Å². The maximum absolute atomic E-state index is 13.1. The Morgan fingerprint density at radius 1 is 0.480 bits per heavy atom. The standard InChI is InChI=1S/C41H80N4O5/c1-3-5-7-9-11-13-15-17-19-21-23-25-27-32-38(46)43-35-37(40(48)45-36(41(49)50)31-29-30-34-42)44-39(47)33-28-26-24-22-20-18-16-14-12-10-8-6-4-2/h36-37H,3-35,42H2,1-2H3,(H,43,46)(H,44,47)(H,45,48)(H,49,50)/t36-,37?/m1/s1. The van der Waals surface area contributed by atoms with E-state index >= 15 is 0 Å². The van der Waals surface area contributed by atoms with Gasteiger partial charge in [-0.15, -0.1) is 0 Å². The van der Waals surface area contributed by atoms with Crippen molar-refractivity contribution in [2.75, 3.05) is 13.1 Å². The summed E-state index contributed by atoms with van der Waals surface area (Å²) in [7, 11) is 0. The van der Waals surface area contributed by atoms with Gasteiger partial charge in [-0.3, -0.25) is 14.4 Å². The zero-order valence-corrected chi connectivity index (χ0v) is 32.6. The number of carbonyl (C=O) groups is 4. The van der Waals surface area contributed by atoms with Crippen LogP contribution in [0.15, 0.2) is 0 Å². The third-order valence-corrected chi connectivity index (χ3v) is 9.73. The second-order valence-electron chi connectivity index (χ2n) is 14.6. The molecule has 50 heavy (non-hydrogen) atoms. The van der Waals surface area contributed by atoms with Crippen LogP contribution in [0.1, 0.15) is 213 Å². The number of amides is 3. The van der Waals surface area contributed by atoms with Crippen LogP contribution in [-0.4, -0.2) is 54.0 Å². The summed E-state index contributed by atoms with van der Waals surface area (Å²) >= 11 is 0. The summed E-state index contributed by atoms with van der Waals surface area (Å²) in [6, 6.07) is -2.10. The fourth-order valence-electron chi connectivity index (χ4n) is 6.41.